The molecule has 8 heteroatoms. The molecule has 0 fully saturated rings. The number of amides is 1. The minimum Gasteiger partial charge on any atom is -0.369 e. The minimum atomic E-state index is -3.23. The third-order valence-electron chi connectivity index (χ3n) is 2.37. The van der Waals surface area contributed by atoms with E-state index < -0.39 is 10.0 Å². The normalized spacial score (nSPS) is 11.1. The standard InChI is InChI=1S/C12H20N4O3S/c1-3-6-13-11-10(5-4-7-14-11)12(17)15-8-9-16-20(2,18)19/h4-5,7,16H,3,6,8-9H2,1-2H3,(H,13,14)(H,15,17). The molecule has 1 aromatic rings. The molecule has 0 atom stereocenters. The number of pyridine rings is 1. The van der Waals surface area contributed by atoms with Gasteiger partial charge in [-0.1, -0.05) is 6.92 Å². The second kappa shape index (κ2) is 7.81. The average Bonchev–Trinajstić information content (AvgIpc) is 2.40. The predicted octanol–water partition coefficient (Wildman–Crippen LogP) is 0.183. The van der Waals surface area contributed by atoms with Crippen LogP contribution in [-0.2, 0) is 10.0 Å². The molecule has 0 saturated heterocycles. The molecule has 0 spiro atoms. The Labute approximate surface area is 119 Å². The summed E-state index contributed by atoms with van der Waals surface area (Å²) in [5.74, 6) is 0.245. The van der Waals surface area contributed by atoms with Crippen LogP contribution in [0.2, 0.25) is 0 Å². The van der Waals surface area contributed by atoms with Gasteiger partial charge in [0.2, 0.25) is 10.0 Å². The van der Waals surface area contributed by atoms with Crippen LogP contribution in [0.1, 0.15) is 23.7 Å². The van der Waals surface area contributed by atoms with E-state index in [2.05, 4.69) is 20.3 Å². The van der Waals surface area contributed by atoms with Gasteiger partial charge < -0.3 is 10.6 Å². The summed E-state index contributed by atoms with van der Waals surface area (Å²) in [7, 11) is -3.23. The van der Waals surface area contributed by atoms with Crippen LogP contribution >= 0.6 is 0 Å². The summed E-state index contributed by atoms with van der Waals surface area (Å²) in [5.41, 5.74) is 0.445. The van der Waals surface area contributed by atoms with Crippen molar-refractivity contribution in [1.29, 1.82) is 0 Å². The van der Waals surface area contributed by atoms with Crippen molar-refractivity contribution in [3.8, 4) is 0 Å². The van der Waals surface area contributed by atoms with Crippen LogP contribution in [0.3, 0.4) is 0 Å². The molecular formula is C12H20N4O3S. The summed E-state index contributed by atoms with van der Waals surface area (Å²) in [5, 5.41) is 5.72. The second-order valence-electron chi connectivity index (χ2n) is 4.25. The predicted molar refractivity (Wildman–Crippen MR) is 78.2 cm³/mol. The third kappa shape index (κ3) is 5.98. The number of nitrogens with zero attached hydrogens (tertiary/aromatic N) is 1. The molecule has 0 unspecified atom stereocenters. The van der Waals surface area contributed by atoms with Gasteiger partial charge in [-0.25, -0.2) is 18.1 Å². The smallest absolute Gasteiger partial charge is 0.255 e. The van der Waals surface area contributed by atoms with E-state index in [1.165, 1.54) is 0 Å². The van der Waals surface area contributed by atoms with E-state index in [0.717, 1.165) is 19.2 Å². The van der Waals surface area contributed by atoms with Crippen molar-refractivity contribution in [2.24, 2.45) is 0 Å². The Morgan fingerprint density at radius 1 is 1.30 bits per heavy atom. The highest BCUT2D eigenvalue weighted by Crippen LogP contribution is 2.10. The van der Waals surface area contributed by atoms with E-state index in [9.17, 15) is 13.2 Å². The van der Waals surface area contributed by atoms with Crippen molar-refractivity contribution in [2.75, 3.05) is 31.2 Å². The summed E-state index contributed by atoms with van der Waals surface area (Å²) in [6.45, 7) is 3.12. The molecule has 7 nitrogen and oxygen atoms in total. The van der Waals surface area contributed by atoms with Crippen molar-refractivity contribution in [3.05, 3.63) is 23.9 Å². The molecule has 1 aromatic heterocycles. The quantitative estimate of drug-likeness (QED) is 0.595. The lowest BCUT2D eigenvalue weighted by Crippen LogP contribution is -2.34. The first-order chi connectivity index (χ1) is 9.44. The highest BCUT2D eigenvalue weighted by Gasteiger charge is 2.11. The van der Waals surface area contributed by atoms with Crippen molar-refractivity contribution in [3.63, 3.8) is 0 Å². The molecule has 1 amide bonds. The Balaban J connectivity index is 2.54. The van der Waals surface area contributed by atoms with Crippen LogP contribution in [0.25, 0.3) is 0 Å². The fourth-order valence-electron chi connectivity index (χ4n) is 1.48. The zero-order valence-electron chi connectivity index (χ0n) is 11.6. The van der Waals surface area contributed by atoms with Gasteiger partial charge in [0.15, 0.2) is 0 Å². The van der Waals surface area contributed by atoms with E-state index in [0.29, 0.717) is 11.4 Å². The largest absolute Gasteiger partial charge is 0.369 e. The maximum Gasteiger partial charge on any atom is 0.255 e. The molecule has 0 saturated carbocycles. The van der Waals surface area contributed by atoms with Gasteiger partial charge in [-0.3, -0.25) is 4.79 Å². The number of carbonyl (C=O) groups excluding carboxylic acids is 1. The summed E-state index contributed by atoms with van der Waals surface area (Å²) in [4.78, 5) is 16.1. The number of hydrogen-bond acceptors (Lipinski definition) is 5. The Morgan fingerprint density at radius 2 is 2.05 bits per heavy atom. The molecular weight excluding hydrogens is 280 g/mol. The number of aromatic nitrogens is 1. The topological polar surface area (TPSA) is 100 Å². The summed E-state index contributed by atoms with van der Waals surface area (Å²) < 4.78 is 24.1. The van der Waals surface area contributed by atoms with Crippen molar-refractivity contribution >= 4 is 21.7 Å². The zero-order chi connectivity index (χ0) is 15.0. The van der Waals surface area contributed by atoms with Gasteiger partial charge in [-0.05, 0) is 18.6 Å². The molecule has 0 aliphatic carbocycles. The number of carbonyl (C=O) groups is 1. The number of nitrogens with one attached hydrogen (secondary N) is 3. The van der Waals surface area contributed by atoms with Crippen LogP contribution in [-0.4, -0.2) is 45.2 Å². The van der Waals surface area contributed by atoms with Gasteiger partial charge in [0, 0.05) is 25.8 Å². The highest BCUT2D eigenvalue weighted by atomic mass is 32.2. The molecule has 1 heterocycles. The van der Waals surface area contributed by atoms with Crippen LogP contribution in [0.15, 0.2) is 18.3 Å². The lowest BCUT2D eigenvalue weighted by Gasteiger charge is -2.10. The van der Waals surface area contributed by atoms with Gasteiger partial charge in [0.05, 0.1) is 11.8 Å². The number of sulfonamides is 1. The average molecular weight is 300 g/mol. The highest BCUT2D eigenvalue weighted by molar-refractivity contribution is 7.88. The van der Waals surface area contributed by atoms with Gasteiger partial charge in [-0.15, -0.1) is 0 Å². The zero-order valence-corrected chi connectivity index (χ0v) is 12.5. The second-order valence-corrected chi connectivity index (χ2v) is 6.08. The molecule has 0 bridgehead atoms. The maximum atomic E-state index is 12.0. The molecule has 3 N–H and O–H groups in total. The summed E-state index contributed by atoms with van der Waals surface area (Å²) >= 11 is 0. The SMILES string of the molecule is CCCNc1ncccc1C(=O)NCCNS(C)(=O)=O. The first-order valence-electron chi connectivity index (χ1n) is 6.35. The van der Waals surface area contributed by atoms with Crippen molar-refractivity contribution in [1.82, 2.24) is 15.0 Å². The lowest BCUT2D eigenvalue weighted by molar-refractivity contribution is 0.0955. The Bertz CT molecular complexity index is 545. The van der Waals surface area contributed by atoms with Crippen molar-refractivity contribution < 1.29 is 13.2 Å². The van der Waals surface area contributed by atoms with Gasteiger partial charge in [0.1, 0.15) is 5.82 Å². The maximum absolute atomic E-state index is 12.0. The van der Waals surface area contributed by atoms with E-state index in [1.54, 1.807) is 18.3 Å². The fourth-order valence-corrected chi connectivity index (χ4v) is 1.95. The van der Waals surface area contributed by atoms with Crippen LogP contribution < -0.4 is 15.4 Å². The molecule has 0 aliphatic rings. The minimum absolute atomic E-state index is 0.155. The lowest BCUT2D eigenvalue weighted by atomic mass is 10.2. The molecule has 112 valence electrons. The molecule has 20 heavy (non-hydrogen) atoms. The van der Waals surface area contributed by atoms with E-state index in [1.807, 2.05) is 6.92 Å². The summed E-state index contributed by atoms with van der Waals surface area (Å²) in [6, 6.07) is 3.35. The Kier molecular flexibility index (Phi) is 6.40. The number of rotatable bonds is 8. The Morgan fingerprint density at radius 3 is 2.70 bits per heavy atom. The summed E-state index contributed by atoms with van der Waals surface area (Å²) in [6.07, 6.45) is 3.61. The molecule has 0 aromatic carbocycles. The molecule has 1 rings (SSSR count). The molecule has 0 radical (unpaired) electrons. The van der Waals surface area contributed by atoms with Gasteiger partial charge in [0.25, 0.3) is 5.91 Å². The van der Waals surface area contributed by atoms with Gasteiger partial charge >= 0.3 is 0 Å². The van der Waals surface area contributed by atoms with Crippen LogP contribution in [0.4, 0.5) is 5.82 Å². The molecule has 0 aliphatic heterocycles. The monoisotopic (exact) mass is 300 g/mol. The number of hydrogen-bond donors (Lipinski definition) is 3. The van der Waals surface area contributed by atoms with E-state index in [-0.39, 0.29) is 19.0 Å². The Hall–Kier alpha value is -1.67. The van der Waals surface area contributed by atoms with Crippen LogP contribution in [0, 0.1) is 0 Å². The number of anilines is 1. The first kappa shape index (κ1) is 16.4. The first-order valence-corrected chi connectivity index (χ1v) is 8.25. The third-order valence-corrected chi connectivity index (χ3v) is 3.10. The fraction of sp³-hybridized carbons (Fsp3) is 0.500. The van der Waals surface area contributed by atoms with E-state index >= 15 is 0 Å². The van der Waals surface area contributed by atoms with E-state index in [4.69, 9.17) is 0 Å². The van der Waals surface area contributed by atoms with Crippen molar-refractivity contribution in [2.45, 2.75) is 13.3 Å². The van der Waals surface area contributed by atoms with Gasteiger partial charge in [-0.2, -0.15) is 0 Å². The van der Waals surface area contributed by atoms with Crippen LogP contribution in [0.5, 0.6) is 0 Å².